The van der Waals surface area contributed by atoms with Gasteiger partial charge in [-0.2, -0.15) is 0 Å². The zero-order chi connectivity index (χ0) is 16.6. The van der Waals surface area contributed by atoms with Crippen LogP contribution in [-0.2, 0) is 0 Å². The number of amides is 1. The van der Waals surface area contributed by atoms with Crippen LogP contribution in [0.15, 0.2) is 22.2 Å². The van der Waals surface area contributed by atoms with Gasteiger partial charge in [0, 0.05) is 11.6 Å². The summed E-state index contributed by atoms with van der Waals surface area (Å²) < 4.78 is 5.19. The number of nitrogens with zero attached hydrogens (tertiary/aromatic N) is 3. The Morgan fingerprint density at radius 1 is 1.26 bits per heavy atom. The summed E-state index contributed by atoms with van der Waals surface area (Å²) in [5.74, 6) is 0.296. The van der Waals surface area contributed by atoms with E-state index in [2.05, 4.69) is 34.3 Å². The molecular formula is C16H18N4O2S. The number of fused-ring (bicyclic) bond motifs is 1. The number of aromatic nitrogens is 3. The van der Waals surface area contributed by atoms with Crippen LogP contribution in [0, 0.1) is 0 Å². The number of rotatable bonds is 4. The lowest BCUT2D eigenvalue weighted by atomic mass is 10.1. The van der Waals surface area contributed by atoms with Crippen molar-refractivity contribution in [3.63, 3.8) is 0 Å². The van der Waals surface area contributed by atoms with Gasteiger partial charge in [0.25, 0.3) is 11.6 Å². The predicted octanol–water partition coefficient (Wildman–Crippen LogP) is 4.18. The molecule has 0 saturated heterocycles. The third-order valence-electron chi connectivity index (χ3n) is 3.50. The van der Waals surface area contributed by atoms with Gasteiger partial charge in [0.2, 0.25) is 0 Å². The molecule has 120 valence electrons. The van der Waals surface area contributed by atoms with Crippen LogP contribution in [0.4, 0.5) is 5.13 Å². The molecule has 0 fully saturated rings. The van der Waals surface area contributed by atoms with Crippen LogP contribution in [0.2, 0.25) is 0 Å². The van der Waals surface area contributed by atoms with Crippen molar-refractivity contribution in [3.05, 3.63) is 34.6 Å². The summed E-state index contributed by atoms with van der Waals surface area (Å²) >= 11 is 1.42. The Labute approximate surface area is 137 Å². The number of carbonyl (C=O) groups excluding carboxylic acids is 1. The van der Waals surface area contributed by atoms with Gasteiger partial charge >= 0.3 is 0 Å². The highest BCUT2D eigenvalue weighted by Crippen LogP contribution is 2.25. The van der Waals surface area contributed by atoms with Gasteiger partial charge < -0.3 is 4.52 Å². The van der Waals surface area contributed by atoms with E-state index in [1.807, 2.05) is 19.2 Å². The largest absolute Gasteiger partial charge is 0.336 e. The number of thiazole rings is 1. The zero-order valence-electron chi connectivity index (χ0n) is 13.5. The van der Waals surface area contributed by atoms with E-state index in [0.717, 1.165) is 16.8 Å². The van der Waals surface area contributed by atoms with Gasteiger partial charge in [-0.3, -0.25) is 10.1 Å². The van der Waals surface area contributed by atoms with Gasteiger partial charge in [0.05, 0.1) is 22.3 Å². The van der Waals surface area contributed by atoms with Crippen LogP contribution in [0.5, 0.6) is 0 Å². The van der Waals surface area contributed by atoms with Crippen molar-refractivity contribution in [2.75, 3.05) is 5.32 Å². The minimum atomic E-state index is -0.236. The first-order valence-corrected chi connectivity index (χ1v) is 8.35. The quantitative estimate of drug-likeness (QED) is 0.776. The van der Waals surface area contributed by atoms with Crippen molar-refractivity contribution < 1.29 is 9.32 Å². The van der Waals surface area contributed by atoms with E-state index in [9.17, 15) is 4.79 Å². The van der Waals surface area contributed by atoms with E-state index in [-0.39, 0.29) is 11.8 Å². The number of nitrogens with one attached hydrogen (secondary N) is 1. The number of hydrogen-bond donors (Lipinski definition) is 1. The van der Waals surface area contributed by atoms with Crippen molar-refractivity contribution in [1.29, 1.82) is 0 Å². The van der Waals surface area contributed by atoms with Gasteiger partial charge in [-0.15, -0.1) is 11.3 Å². The lowest BCUT2D eigenvalue weighted by molar-refractivity contribution is 0.102. The minimum absolute atomic E-state index is 0.198. The molecule has 0 aliphatic carbocycles. The fourth-order valence-corrected chi connectivity index (χ4v) is 3.04. The summed E-state index contributed by atoms with van der Waals surface area (Å²) in [5, 5.41) is 10.2. The first-order valence-electron chi connectivity index (χ1n) is 7.47. The maximum absolute atomic E-state index is 12.4. The SMILES string of the molecule is CC(C)c1csc(NC(=O)c2cnc3onc(C(C)C)c3c2)n1. The topological polar surface area (TPSA) is 80.9 Å². The summed E-state index contributed by atoms with van der Waals surface area (Å²) in [6.45, 7) is 8.18. The van der Waals surface area contributed by atoms with Gasteiger partial charge in [0.15, 0.2) is 5.13 Å². The molecule has 0 unspecified atom stereocenters. The molecule has 0 spiro atoms. The Kier molecular flexibility index (Phi) is 4.12. The highest BCUT2D eigenvalue weighted by molar-refractivity contribution is 7.14. The molecular weight excluding hydrogens is 312 g/mol. The second kappa shape index (κ2) is 6.08. The monoisotopic (exact) mass is 330 g/mol. The maximum Gasteiger partial charge on any atom is 0.259 e. The van der Waals surface area contributed by atoms with E-state index in [4.69, 9.17) is 4.52 Å². The van der Waals surface area contributed by atoms with Crippen LogP contribution in [0.1, 0.15) is 61.3 Å². The first-order chi connectivity index (χ1) is 11.0. The molecule has 7 heteroatoms. The van der Waals surface area contributed by atoms with E-state index < -0.39 is 0 Å². The standard InChI is InChI=1S/C16H18N4O2S/c1-8(2)12-7-23-16(18-12)19-14(21)10-5-11-13(9(3)4)20-22-15(11)17-6-10/h5-9H,1-4H3,(H,18,19,21). The number of pyridine rings is 1. The average Bonchev–Trinajstić information content (AvgIpc) is 3.12. The van der Waals surface area contributed by atoms with Crippen LogP contribution in [0.3, 0.4) is 0 Å². The van der Waals surface area contributed by atoms with Crippen LogP contribution in [0.25, 0.3) is 11.1 Å². The Morgan fingerprint density at radius 2 is 2.04 bits per heavy atom. The highest BCUT2D eigenvalue weighted by Gasteiger charge is 2.16. The summed E-state index contributed by atoms with van der Waals surface area (Å²) in [6, 6.07) is 1.76. The van der Waals surface area contributed by atoms with Crippen molar-refractivity contribution >= 4 is 33.5 Å². The molecule has 0 aliphatic heterocycles. The molecule has 0 aromatic carbocycles. The summed E-state index contributed by atoms with van der Waals surface area (Å²) in [6.07, 6.45) is 1.49. The number of anilines is 1. The second-order valence-corrected chi connectivity index (χ2v) is 6.84. The van der Waals surface area contributed by atoms with E-state index in [0.29, 0.717) is 22.3 Å². The normalized spacial score (nSPS) is 11.6. The third-order valence-corrected chi connectivity index (χ3v) is 4.28. The zero-order valence-corrected chi connectivity index (χ0v) is 14.3. The Morgan fingerprint density at radius 3 is 2.70 bits per heavy atom. The fourth-order valence-electron chi connectivity index (χ4n) is 2.17. The van der Waals surface area contributed by atoms with E-state index >= 15 is 0 Å². The van der Waals surface area contributed by atoms with Crippen molar-refractivity contribution in [2.24, 2.45) is 0 Å². The van der Waals surface area contributed by atoms with Gasteiger partial charge in [-0.05, 0) is 17.9 Å². The molecule has 0 radical (unpaired) electrons. The lowest BCUT2D eigenvalue weighted by Gasteiger charge is -2.03. The van der Waals surface area contributed by atoms with E-state index in [1.54, 1.807) is 6.07 Å². The molecule has 3 rings (SSSR count). The van der Waals surface area contributed by atoms with Crippen molar-refractivity contribution in [3.8, 4) is 0 Å². The predicted molar refractivity (Wildman–Crippen MR) is 90.0 cm³/mol. The van der Waals surface area contributed by atoms with Crippen LogP contribution < -0.4 is 5.32 Å². The maximum atomic E-state index is 12.4. The average molecular weight is 330 g/mol. The summed E-state index contributed by atoms with van der Waals surface area (Å²) in [5.41, 5.74) is 2.68. The number of carbonyl (C=O) groups is 1. The van der Waals surface area contributed by atoms with Crippen molar-refractivity contribution in [1.82, 2.24) is 15.1 Å². The molecule has 23 heavy (non-hydrogen) atoms. The van der Waals surface area contributed by atoms with Gasteiger partial charge in [0.1, 0.15) is 0 Å². The molecule has 1 N–H and O–H groups in total. The highest BCUT2D eigenvalue weighted by atomic mass is 32.1. The number of hydrogen-bond acceptors (Lipinski definition) is 6. The molecule has 3 aromatic rings. The van der Waals surface area contributed by atoms with Crippen LogP contribution >= 0.6 is 11.3 Å². The van der Waals surface area contributed by atoms with Crippen LogP contribution in [-0.4, -0.2) is 21.0 Å². The first kappa shape index (κ1) is 15.6. The second-order valence-electron chi connectivity index (χ2n) is 5.99. The molecule has 1 amide bonds. The summed E-state index contributed by atoms with van der Waals surface area (Å²) in [4.78, 5) is 21.0. The molecule has 3 aromatic heterocycles. The molecule has 0 bridgehead atoms. The minimum Gasteiger partial charge on any atom is -0.336 e. The Hall–Kier alpha value is -2.28. The Balaban J connectivity index is 1.86. The molecule has 0 saturated carbocycles. The van der Waals surface area contributed by atoms with Crippen molar-refractivity contribution in [2.45, 2.75) is 39.5 Å². The molecule has 3 heterocycles. The third kappa shape index (κ3) is 3.10. The van der Waals surface area contributed by atoms with E-state index in [1.165, 1.54) is 17.5 Å². The molecule has 0 atom stereocenters. The Bertz CT molecular complexity index is 851. The fraction of sp³-hybridized carbons (Fsp3) is 0.375. The summed E-state index contributed by atoms with van der Waals surface area (Å²) in [7, 11) is 0. The molecule has 6 nitrogen and oxygen atoms in total. The molecule has 0 aliphatic rings. The lowest BCUT2D eigenvalue weighted by Crippen LogP contribution is -2.12. The van der Waals surface area contributed by atoms with Gasteiger partial charge in [-0.25, -0.2) is 9.97 Å². The van der Waals surface area contributed by atoms with Gasteiger partial charge in [-0.1, -0.05) is 32.9 Å². The smallest absolute Gasteiger partial charge is 0.259 e.